The quantitative estimate of drug-likeness (QED) is 0.382. The zero-order valence-corrected chi connectivity index (χ0v) is 18.3. The Hall–Kier alpha value is -3.90. The Bertz CT molecular complexity index is 1400. The van der Waals surface area contributed by atoms with Gasteiger partial charge < -0.3 is 5.32 Å². The molecule has 32 heavy (non-hydrogen) atoms. The second kappa shape index (κ2) is 9.08. The molecule has 0 spiro atoms. The molecule has 0 aliphatic heterocycles. The third-order valence-corrected chi connectivity index (χ3v) is 6.44. The number of amides is 1. The summed E-state index contributed by atoms with van der Waals surface area (Å²) in [6.07, 6.45) is 3.23. The molecule has 0 aliphatic carbocycles. The van der Waals surface area contributed by atoms with Crippen molar-refractivity contribution in [1.29, 1.82) is 0 Å². The fourth-order valence-corrected chi connectivity index (χ4v) is 4.48. The highest BCUT2D eigenvalue weighted by atomic mass is 32.2. The molecule has 2 N–H and O–H groups in total. The first-order chi connectivity index (χ1) is 15.4. The maximum absolute atomic E-state index is 12.6. The van der Waals surface area contributed by atoms with Crippen LogP contribution in [-0.2, 0) is 14.8 Å². The summed E-state index contributed by atoms with van der Waals surface area (Å²) in [7, 11) is -3.72. The molecule has 5 nitrogen and oxygen atoms in total. The van der Waals surface area contributed by atoms with Crippen LogP contribution in [0.25, 0.3) is 16.8 Å². The van der Waals surface area contributed by atoms with Crippen LogP contribution in [0.15, 0.2) is 102 Å². The van der Waals surface area contributed by atoms with Gasteiger partial charge in [0.25, 0.3) is 10.0 Å². The molecule has 0 bridgehead atoms. The van der Waals surface area contributed by atoms with Crippen molar-refractivity contribution in [1.82, 2.24) is 0 Å². The average Bonchev–Trinajstić information content (AvgIpc) is 2.79. The normalized spacial score (nSPS) is 11.5. The third kappa shape index (κ3) is 4.87. The monoisotopic (exact) mass is 442 g/mol. The molecular formula is C26H22N2O3S. The molecule has 0 fully saturated rings. The number of sulfonamides is 1. The number of hydrogen-bond acceptors (Lipinski definition) is 3. The number of hydrogen-bond donors (Lipinski definition) is 2. The van der Waals surface area contributed by atoms with Gasteiger partial charge in [-0.2, -0.15) is 0 Å². The molecule has 0 atom stereocenters. The Kier molecular flexibility index (Phi) is 6.05. The number of fused-ring (bicyclic) bond motifs is 1. The number of nitrogens with one attached hydrogen (secondary N) is 2. The smallest absolute Gasteiger partial charge is 0.261 e. The highest BCUT2D eigenvalue weighted by Crippen LogP contribution is 2.22. The van der Waals surface area contributed by atoms with Crippen LogP contribution in [0.4, 0.5) is 11.4 Å². The van der Waals surface area contributed by atoms with Gasteiger partial charge in [-0.25, -0.2) is 8.42 Å². The molecule has 0 aliphatic rings. The molecule has 0 radical (unpaired) electrons. The van der Waals surface area contributed by atoms with Crippen LogP contribution in [0.2, 0.25) is 0 Å². The van der Waals surface area contributed by atoms with Gasteiger partial charge in [-0.05, 0) is 65.2 Å². The molecule has 0 unspecified atom stereocenters. The first-order valence-corrected chi connectivity index (χ1v) is 11.6. The number of para-hydroxylation sites is 1. The van der Waals surface area contributed by atoms with E-state index in [0.717, 1.165) is 21.9 Å². The van der Waals surface area contributed by atoms with Crippen molar-refractivity contribution < 1.29 is 13.2 Å². The first-order valence-electron chi connectivity index (χ1n) is 10.1. The summed E-state index contributed by atoms with van der Waals surface area (Å²) in [6, 6.07) is 27.1. The Balaban J connectivity index is 1.44. The molecule has 0 saturated carbocycles. The van der Waals surface area contributed by atoms with Crippen molar-refractivity contribution in [2.24, 2.45) is 0 Å². The van der Waals surface area contributed by atoms with Crippen molar-refractivity contribution in [2.45, 2.75) is 11.8 Å². The van der Waals surface area contributed by atoms with Crippen LogP contribution in [0.1, 0.15) is 11.1 Å². The lowest BCUT2D eigenvalue weighted by Gasteiger charge is -2.11. The summed E-state index contributed by atoms with van der Waals surface area (Å²) in [5.74, 6) is -0.299. The summed E-state index contributed by atoms with van der Waals surface area (Å²) in [5.41, 5.74) is 2.82. The van der Waals surface area contributed by atoms with Crippen LogP contribution in [0.3, 0.4) is 0 Å². The van der Waals surface area contributed by atoms with Crippen LogP contribution in [-0.4, -0.2) is 14.3 Å². The molecule has 1 amide bonds. The standard InChI is InChI=1S/C26H22N2O3S/c1-19-7-2-5-12-25(19)28-32(30,31)23-16-14-22(15-17-23)27-26(29)18-13-21-10-6-9-20-8-3-4-11-24(20)21/h2-18,28H,1H3,(H,27,29)/b18-13-. The van der Waals surface area contributed by atoms with E-state index in [4.69, 9.17) is 0 Å². The summed E-state index contributed by atoms with van der Waals surface area (Å²) >= 11 is 0. The summed E-state index contributed by atoms with van der Waals surface area (Å²) in [6.45, 7) is 1.84. The second-order valence-electron chi connectivity index (χ2n) is 7.34. The number of aryl methyl sites for hydroxylation is 1. The van der Waals surface area contributed by atoms with Crippen LogP contribution in [0.5, 0.6) is 0 Å². The molecule has 4 aromatic carbocycles. The topological polar surface area (TPSA) is 75.3 Å². The molecule has 6 heteroatoms. The van der Waals surface area contributed by atoms with E-state index in [2.05, 4.69) is 10.0 Å². The van der Waals surface area contributed by atoms with Crippen molar-refractivity contribution >= 4 is 44.2 Å². The highest BCUT2D eigenvalue weighted by Gasteiger charge is 2.15. The van der Waals surface area contributed by atoms with Gasteiger partial charge in [-0.3, -0.25) is 9.52 Å². The van der Waals surface area contributed by atoms with Crippen LogP contribution < -0.4 is 10.0 Å². The maximum Gasteiger partial charge on any atom is 0.261 e. The van der Waals surface area contributed by atoms with E-state index in [0.29, 0.717) is 11.4 Å². The summed E-state index contributed by atoms with van der Waals surface area (Å²) < 4.78 is 27.9. The molecule has 160 valence electrons. The largest absolute Gasteiger partial charge is 0.323 e. The van der Waals surface area contributed by atoms with E-state index in [1.807, 2.05) is 61.5 Å². The maximum atomic E-state index is 12.6. The van der Waals surface area contributed by atoms with E-state index >= 15 is 0 Å². The Morgan fingerprint density at radius 2 is 1.50 bits per heavy atom. The van der Waals surface area contributed by atoms with Gasteiger partial charge in [0.2, 0.25) is 5.91 Å². The van der Waals surface area contributed by atoms with Gasteiger partial charge in [-0.15, -0.1) is 0 Å². The third-order valence-electron chi connectivity index (χ3n) is 5.06. The molecular weight excluding hydrogens is 420 g/mol. The number of rotatable bonds is 6. The minimum atomic E-state index is -3.72. The van der Waals surface area contributed by atoms with Crippen molar-refractivity contribution in [3.63, 3.8) is 0 Å². The SMILES string of the molecule is Cc1ccccc1NS(=O)(=O)c1ccc(NC(=O)/C=C\c2cccc3ccccc23)cc1. The fourth-order valence-electron chi connectivity index (χ4n) is 3.35. The Morgan fingerprint density at radius 3 is 2.28 bits per heavy atom. The van der Waals surface area contributed by atoms with Crippen molar-refractivity contribution in [2.75, 3.05) is 10.0 Å². The predicted molar refractivity (Wildman–Crippen MR) is 130 cm³/mol. The predicted octanol–water partition coefficient (Wildman–Crippen LogP) is 5.60. The van der Waals surface area contributed by atoms with Gasteiger partial charge in [-0.1, -0.05) is 60.7 Å². The van der Waals surface area contributed by atoms with E-state index in [1.54, 1.807) is 30.3 Å². The van der Waals surface area contributed by atoms with E-state index in [-0.39, 0.29) is 10.8 Å². The van der Waals surface area contributed by atoms with E-state index in [9.17, 15) is 13.2 Å². The molecule has 0 aromatic heterocycles. The Morgan fingerprint density at radius 1 is 0.812 bits per heavy atom. The minimum Gasteiger partial charge on any atom is -0.323 e. The number of anilines is 2. The number of carbonyl (C=O) groups excluding carboxylic acids is 1. The molecule has 4 rings (SSSR count). The second-order valence-corrected chi connectivity index (χ2v) is 9.02. The van der Waals surface area contributed by atoms with Crippen LogP contribution >= 0.6 is 0 Å². The van der Waals surface area contributed by atoms with Gasteiger partial charge in [0, 0.05) is 11.8 Å². The molecule has 4 aromatic rings. The molecule has 0 heterocycles. The average molecular weight is 443 g/mol. The van der Waals surface area contributed by atoms with Gasteiger partial charge in [0.1, 0.15) is 0 Å². The summed E-state index contributed by atoms with van der Waals surface area (Å²) in [4.78, 5) is 12.5. The van der Waals surface area contributed by atoms with E-state index in [1.165, 1.54) is 18.2 Å². The van der Waals surface area contributed by atoms with Gasteiger partial charge >= 0.3 is 0 Å². The zero-order valence-electron chi connectivity index (χ0n) is 17.4. The lowest BCUT2D eigenvalue weighted by atomic mass is 10.0. The first kappa shape index (κ1) is 21.3. The minimum absolute atomic E-state index is 0.116. The lowest BCUT2D eigenvalue weighted by Crippen LogP contribution is -2.14. The fraction of sp³-hybridized carbons (Fsp3) is 0.0385. The van der Waals surface area contributed by atoms with Gasteiger partial charge in [0.15, 0.2) is 0 Å². The number of carbonyl (C=O) groups is 1. The zero-order chi connectivity index (χ0) is 22.6. The van der Waals surface area contributed by atoms with Crippen LogP contribution in [0, 0.1) is 6.92 Å². The highest BCUT2D eigenvalue weighted by molar-refractivity contribution is 7.92. The van der Waals surface area contributed by atoms with Crippen molar-refractivity contribution in [3.05, 3.63) is 108 Å². The molecule has 0 saturated heterocycles. The van der Waals surface area contributed by atoms with E-state index < -0.39 is 10.0 Å². The lowest BCUT2D eigenvalue weighted by molar-refractivity contribution is -0.111. The Labute approximate surface area is 187 Å². The summed E-state index contributed by atoms with van der Waals surface area (Å²) in [5, 5.41) is 4.92. The van der Waals surface area contributed by atoms with Crippen molar-refractivity contribution in [3.8, 4) is 0 Å². The number of benzene rings is 4. The van der Waals surface area contributed by atoms with Gasteiger partial charge in [0.05, 0.1) is 10.6 Å².